The predicted octanol–water partition coefficient (Wildman–Crippen LogP) is 10.6. The van der Waals surface area contributed by atoms with Gasteiger partial charge in [-0.2, -0.15) is 0 Å². The van der Waals surface area contributed by atoms with E-state index in [1.807, 2.05) is 36.4 Å². The molecule has 0 aliphatic rings. The zero-order valence-electron chi connectivity index (χ0n) is 23.5. The summed E-state index contributed by atoms with van der Waals surface area (Å²) < 4.78 is 8.88. The molecule has 10 aromatic rings. The molecular weight excluding hydrogens is 538 g/mol. The zero-order chi connectivity index (χ0) is 28.8. The van der Waals surface area contributed by atoms with Crippen LogP contribution >= 0.6 is 0 Å². The summed E-state index contributed by atoms with van der Waals surface area (Å²) in [6, 6.07) is 48.9. The van der Waals surface area contributed by atoms with Gasteiger partial charge in [0.15, 0.2) is 5.82 Å². The number of benzene rings is 7. The van der Waals surface area contributed by atoms with Crippen molar-refractivity contribution in [3.63, 3.8) is 0 Å². The normalized spacial score (nSPS) is 12.1. The fraction of sp³-hybridized carbons (Fsp3) is 0. The Hall–Kier alpha value is -6.00. The summed E-state index contributed by atoms with van der Waals surface area (Å²) >= 11 is 0. The highest BCUT2D eigenvalue weighted by atomic mass is 16.3. The van der Waals surface area contributed by atoms with Gasteiger partial charge in [-0.15, -0.1) is 0 Å². The molecule has 0 radical (unpaired) electrons. The highest BCUT2D eigenvalue weighted by Crippen LogP contribution is 2.42. The van der Waals surface area contributed by atoms with E-state index in [0.717, 1.165) is 61.1 Å². The van der Waals surface area contributed by atoms with Crippen LogP contribution in [0.1, 0.15) is 0 Å². The molecule has 0 spiro atoms. The van der Waals surface area contributed by atoms with E-state index in [0.29, 0.717) is 0 Å². The number of rotatable bonds is 2. The van der Waals surface area contributed by atoms with E-state index < -0.39 is 0 Å². The van der Waals surface area contributed by atoms with Gasteiger partial charge in [-0.1, -0.05) is 103 Å². The second-order valence-electron chi connectivity index (χ2n) is 11.4. The zero-order valence-corrected chi connectivity index (χ0v) is 23.5. The molecule has 3 heterocycles. The van der Waals surface area contributed by atoms with E-state index in [9.17, 15) is 0 Å². The van der Waals surface area contributed by atoms with Crippen LogP contribution in [0, 0.1) is 0 Å². The fourth-order valence-electron chi connectivity index (χ4n) is 6.94. The van der Waals surface area contributed by atoms with Gasteiger partial charge in [0.05, 0.1) is 22.1 Å². The first-order valence-corrected chi connectivity index (χ1v) is 14.8. The molecule has 0 N–H and O–H groups in total. The minimum atomic E-state index is 0.781. The van der Waals surface area contributed by atoms with Crippen molar-refractivity contribution in [3.8, 4) is 17.1 Å². The number of hydrogen-bond donors (Lipinski definition) is 0. The summed E-state index contributed by atoms with van der Waals surface area (Å²) in [7, 11) is 0. The summed E-state index contributed by atoms with van der Waals surface area (Å²) in [6.07, 6.45) is 0. The lowest BCUT2D eigenvalue weighted by molar-refractivity contribution is 0.669. The third kappa shape index (κ3) is 3.22. The molecule has 0 aliphatic carbocycles. The lowest BCUT2D eigenvalue weighted by Gasteiger charge is -2.15. The highest BCUT2D eigenvalue weighted by Gasteiger charge is 2.23. The van der Waals surface area contributed by atoms with Gasteiger partial charge in [-0.3, -0.25) is 4.57 Å². The van der Waals surface area contributed by atoms with Gasteiger partial charge in [0, 0.05) is 32.5 Å². The predicted molar refractivity (Wildman–Crippen MR) is 182 cm³/mol. The van der Waals surface area contributed by atoms with E-state index >= 15 is 0 Å². The van der Waals surface area contributed by atoms with Crippen LogP contribution < -0.4 is 0 Å². The van der Waals surface area contributed by atoms with Crippen LogP contribution in [0.15, 0.2) is 144 Å². The maximum absolute atomic E-state index is 6.55. The third-order valence-corrected chi connectivity index (χ3v) is 8.94. The van der Waals surface area contributed by atoms with E-state index in [4.69, 9.17) is 14.4 Å². The molecule has 3 aromatic heterocycles. The minimum Gasteiger partial charge on any atom is -0.455 e. The van der Waals surface area contributed by atoms with Crippen LogP contribution in [0.2, 0.25) is 0 Å². The molecule has 0 aliphatic heterocycles. The highest BCUT2D eigenvalue weighted by molar-refractivity contribution is 6.21. The smallest absolute Gasteiger partial charge is 0.165 e. The van der Waals surface area contributed by atoms with Crippen molar-refractivity contribution in [2.75, 3.05) is 0 Å². The Labute approximate surface area is 251 Å². The summed E-state index contributed by atoms with van der Waals surface area (Å²) in [4.78, 5) is 10.7. The van der Waals surface area contributed by atoms with Crippen molar-refractivity contribution in [1.29, 1.82) is 0 Å². The molecule has 0 bridgehead atoms. The topological polar surface area (TPSA) is 43.9 Å². The van der Waals surface area contributed by atoms with Crippen molar-refractivity contribution in [1.82, 2.24) is 14.5 Å². The van der Waals surface area contributed by atoms with Gasteiger partial charge in [0.25, 0.3) is 0 Å². The third-order valence-electron chi connectivity index (χ3n) is 8.94. The van der Waals surface area contributed by atoms with Crippen LogP contribution in [-0.2, 0) is 0 Å². The molecule has 0 atom stereocenters. The van der Waals surface area contributed by atoms with Crippen molar-refractivity contribution in [2.45, 2.75) is 0 Å². The molecule has 7 aromatic carbocycles. The lowest BCUT2D eigenvalue weighted by atomic mass is 10.0. The van der Waals surface area contributed by atoms with Crippen LogP contribution in [0.3, 0.4) is 0 Å². The molecule has 10 rings (SSSR count). The summed E-state index contributed by atoms with van der Waals surface area (Å²) in [5.74, 6) is 0.781. The van der Waals surface area contributed by atoms with Gasteiger partial charge < -0.3 is 4.42 Å². The Kier molecular flexibility index (Phi) is 4.69. The SMILES string of the molecule is c1ccc2cc3c(cc2c1)c1ccc2ccccc2c1n3-c1nc2ccccc2nc1-c1cccc2c1oc1ccccc12. The number of hydrogen-bond acceptors (Lipinski definition) is 3. The average molecular weight is 562 g/mol. The Balaban J connectivity index is 1.43. The largest absolute Gasteiger partial charge is 0.455 e. The maximum atomic E-state index is 6.55. The van der Waals surface area contributed by atoms with Crippen molar-refractivity contribution in [3.05, 3.63) is 140 Å². The van der Waals surface area contributed by atoms with Gasteiger partial charge in [0.2, 0.25) is 0 Å². The second kappa shape index (κ2) is 8.76. The van der Waals surface area contributed by atoms with Crippen LogP contribution in [0.5, 0.6) is 0 Å². The Morgan fingerprint density at radius 1 is 0.477 bits per heavy atom. The van der Waals surface area contributed by atoms with Gasteiger partial charge in [-0.05, 0) is 52.6 Å². The number of aromatic nitrogens is 3. The molecular formula is C40H23N3O. The number of nitrogens with zero attached hydrogens (tertiary/aromatic N) is 3. The molecule has 0 saturated carbocycles. The standard InChI is InChI=1S/C40H23N3O/c1-2-12-26-23-35-32(22-25(26)11-1)29-21-20-24-10-3-4-13-27(24)38(29)43(35)40-37(41-33-17-6-7-18-34(33)42-40)31-16-9-15-30-28-14-5-8-19-36(28)44-39(30)31/h1-23H. The quantitative estimate of drug-likeness (QED) is 0.211. The Bertz CT molecular complexity index is 2790. The molecule has 4 heteroatoms. The van der Waals surface area contributed by atoms with E-state index in [1.54, 1.807) is 0 Å². The Morgan fingerprint density at radius 2 is 1.16 bits per heavy atom. The van der Waals surface area contributed by atoms with Gasteiger partial charge in [0.1, 0.15) is 16.9 Å². The molecule has 204 valence electrons. The molecule has 0 saturated heterocycles. The summed E-state index contributed by atoms with van der Waals surface area (Å²) in [5.41, 5.74) is 7.29. The first-order valence-electron chi connectivity index (χ1n) is 14.8. The number of para-hydroxylation sites is 4. The lowest BCUT2D eigenvalue weighted by Crippen LogP contribution is -2.04. The minimum absolute atomic E-state index is 0.781. The average Bonchev–Trinajstić information content (AvgIpc) is 3.62. The number of fused-ring (bicyclic) bond motifs is 10. The number of furan rings is 1. The first-order chi connectivity index (χ1) is 21.8. The Morgan fingerprint density at radius 3 is 2.02 bits per heavy atom. The van der Waals surface area contributed by atoms with Crippen LogP contribution in [-0.4, -0.2) is 14.5 Å². The van der Waals surface area contributed by atoms with Crippen LogP contribution in [0.4, 0.5) is 0 Å². The second-order valence-corrected chi connectivity index (χ2v) is 11.4. The maximum Gasteiger partial charge on any atom is 0.165 e. The molecule has 44 heavy (non-hydrogen) atoms. The monoisotopic (exact) mass is 561 g/mol. The van der Waals surface area contributed by atoms with E-state index in [2.05, 4.69) is 108 Å². The van der Waals surface area contributed by atoms with Crippen molar-refractivity contribution in [2.24, 2.45) is 0 Å². The fourth-order valence-corrected chi connectivity index (χ4v) is 6.94. The first kappa shape index (κ1) is 23.6. The van der Waals surface area contributed by atoms with Gasteiger partial charge >= 0.3 is 0 Å². The van der Waals surface area contributed by atoms with Crippen molar-refractivity contribution < 1.29 is 4.42 Å². The molecule has 0 fully saturated rings. The van der Waals surface area contributed by atoms with E-state index in [1.165, 1.54) is 32.3 Å². The van der Waals surface area contributed by atoms with Crippen molar-refractivity contribution >= 4 is 76.3 Å². The van der Waals surface area contributed by atoms with Crippen LogP contribution in [0.25, 0.3) is 93.4 Å². The van der Waals surface area contributed by atoms with E-state index in [-0.39, 0.29) is 0 Å². The molecule has 0 amide bonds. The molecule has 0 unspecified atom stereocenters. The summed E-state index contributed by atoms with van der Waals surface area (Å²) in [5, 5.41) is 9.29. The summed E-state index contributed by atoms with van der Waals surface area (Å²) in [6.45, 7) is 0. The molecule has 4 nitrogen and oxygen atoms in total. The van der Waals surface area contributed by atoms with Gasteiger partial charge in [-0.25, -0.2) is 9.97 Å².